The second-order valence-corrected chi connectivity index (χ2v) is 9.87. The van der Waals surface area contributed by atoms with Gasteiger partial charge in [-0.2, -0.15) is 13.2 Å². The number of rotatable bonds is 4. The molecule has 3 unspecified atom stereocenters. The van der Waals surface area contributed by atoms with E-state index in [4.69, 9.17) is 0 Å². The maximum Gasteiger partial charge on any atom is 0.416 e. The van der Waals surface area contributed by atoms with E-state index in [1.807, 2.05) is 0 Å². The lowest BCUT2D eigenvalue weighted by molar-refractivity contribution is -0.138. The maximum atomic E-state index is 13.1. The molecule has 2 aliphatic rings. The third kappa shape index (κ3) is 4.51. The van der Waals surface area contributed by atoms with Crippen LogP contribution in [0.3, 0.4) is 0 Å². The lowest BCUT2D eigenvalue weighted by atomic mass is 10.0. The van der Waals surface area contributed by atoms with Crippen molar-refractivity contribution in [3.63, 3.8) is 0 Å². The third-order valence-corrected chi connectivity index (χ3v) is 7.85. The molecule has 2 nitrogen and oxygen atoms in total. The standard InChI is InChI=1S/C25H29F3N2S/c1-5-19-6-7-20-8-10-22(13-23(19)20)31-30-17(3)14-29(15-18(30)4)21-9-11-24(16(2)12-21)25(26,27)28/h5,8-13,17-19H,1,6-7,14-15H2,2-4H3. The Morgan fingerprint density at radius 2 is 1.77 bits per heavy atom. The Hall–Kier alpha value is -1.92. The summed E-state index contributed by atoms with van der Waals surface area (Å²) in [5, 5.41) is 0. The van der Waals surface area contributed by atoms with Crippen molar-refractivity contribution >= 4 is 17.6 Å². The lowest BCUT2D eigenvalue weighted by Crippen LogP contribution is -2.53. The quantitative estimate of drug-likeness (QED) is 0.375. The molecule has 1 heterocycles. The minimum atomic E-state index is -4.31. The molecule has 6 heteroatoms. The summed E-state index contributed by atoms with van der Waals surface area (Å²) < 4.78 is 41.7. The minimum Gasteiger partial charge on any atom is -0.368 e. The zero-order valence-corrected chi connectivity index (χ0v) is 19.1. The van der Waals surface area contributed by atoms with Crippen molar-refractivity contribution in [1.29, 1.82) is 0 Å². The van der Waals surface area contributed by atoms with Crippen LogP contribution in [0.1, 0.15) is 48.4 Å². The van der Waals surface area contributed by atoms with Crippen molar-refractivity contribution in [2.45, 2.75) is 62.7 Å². The normalized spacial score (nSPS) is 24.3. The highest BCUT2D eigenvalue weighted by atomic mass is 32.2. The van der Waals surface area contributed by atoms with Gasteiger partial charge in [-0.15, -0.1) is 6.58 Å². The number of piperazine rings is 1. The average molecular weight is 447 g/mol. The fraction of sp³-hybridized carbons (Fsp3) is 0.440. The van der Waals surface area contributed by atoms with Crippen LogP contribution in [0, 0.1) is 6.92 Å². The molecule has 0 spiro atoms. The van der Waals surface area contributed by atoms with Crippen molar-refractivity contribution in [3.05, 3.63) is 71.3 Å². The number of nitrogens with zero attached hydrogens (tertiary/aromatic N) is 2. The van der Waals surface area contributed by atoms with Crippen molar-refractivity contribution < 1.29 is 13.2 Å². The second-order valence-electron chi connectivity index (χ2n) is 8.79. The van der Waals surface area contributed by atoms with Crippen LogP contribution >= 0.6 is 11.9 Å². The molecule has 0 N–H and O–H groups in total. The van der Waals surface area contributed by atoms with Gasteiger partial charge in [-0.05, 0) is 92.6 Å². The van der Waals surface area contributed by atoms with Gasteiger partial charge in [0.05, 0.1) is 5.56 Å². The topological polar surface area (TPSA) is 6.48 Å². The Morgan fingerprint density at radius 3 is 2.39 bits per heavy atom. The van der Waals surface area contributed by atoms with E-state index in [1.54, 1.807) is 24.1 Å². The average Bonchev–Trinajstić information content (AvgIpc) is 3.12. The van der Waals surface area contributed by atoms with E-state index in [0.29, 0.717) is 5.92 Å². The molecule has 166 valence electrons. The number of hydrogen-bond donors (Lipinski definition) is 0. The third-order valence-electron chi connectivity index (χ3n) is 6.46. The molecule has 1 aliphatic heterocycles. The Morgan fingerprint density at radius 1 is 1.06 bits per heavy atom. The van der Waals surface area contributed by atoms with Crippen LogP contribution in [0.25, 0.3) is 0 Å². The fourth-order valence-electron chi connectivity index (χ4n) is 4.90. The molecule has 3 atom stereocenters. The van der Waals surface area contributed by atoms with Gasteiger partial charge < -0.3 is 4.90 Å². The van der Waals surface area contributed by atoms with Crippen LogP contribution in [0.15, 0.2) is 53.9 Å². The Balaban J connectivity index is 1.48. The first-order valence-corrected chi connectivity index (χ1v) is 11.6. The van der Waals surface area contributed by atoms with E-state index in [9.17, 15) is 13.2 Å². The summed E-state index contributed by atoms with van der Waals surface area (Å²) in [6, 6.07) is 11.8. The van der Waals surface area contributed by atoms with E-state index >= 15 is 0 Å². The van der Waals surface area contributed by atoms with Gasteiger partial charge in [0.2, 0.25) is 0 Å². The highest BCUT2D eigenvalue weighted by Crippen LogP contribution is 2.39. The number of fused-ring (bicyclic) bond motifs is 1. The molecule has 2 aromatic carbocycles. The monoisotopic (exact) mass is 446 g/mol. The summed E-state index contributed by atoms with van der Waals surface area (Å²) in [6.07, 6.45) is 0.00925. The number of hydrogen-bond acceptors (Lipinski definition) is 3. The van der Waals surface area contributed by atoms with Crippen LogP contribution in [-0.4, -0.2) is 29.5 Å². The lowest BCUT2D eigenvalue weighted by Gasteiger charge is -2.44. The number of benzene rings is 2. The highest BCUT2D eigenvalue weighted by molar-refractivity contribution is 7.97. The molecule has 0 radical (unpaired) electrons. The first-order chi connectivity index (χ1) is 14.7. The number of aryl methyl sites for hydroxylation is 2. The van der Waals surface area contributed by atoms with Gasteiger partial charge in [-0.1, -0.05) is 12.1 Å². The number of halogens is 3. The summed E-state index contributed by atoms with van der Waals surface area (Å²) in [7, 11) is 0. The van der Waals surface area contributed by atoms with Crippen molar-refractivity contribution in [3.8, 4) is 0 Å². The van der Waals surface area contributed by atoms with E-state index in [0.717, 1.165) is 31.6 Å². The smallest absolute Gasteiger partial charge is 0.368 e. The van der Waals surface area contributed by atoms with Gasteiger partial charge in [0.15, 0.2) is 0 Å². The molecule has 2 aromatic rings. The highest BCUT2D eigenvalue weighted by Gasteiger charge is 2.34. The summed E-state index contributed by atoms with van der Waals surface area (Å²) in [6.45, 7) is 11.5. The molecule has 0 aromatic heterocycles. The largest absolute Gasteiger partial charge is 0.416 e. The molecule has 1 saturated heterocycles. The second kappa shape index (κ2) is 8.55. The summed E-state index contributed by atoms with van der Waals surface area (Å²) in [4.78, 5) is 3.45. The van der Waals surface area contributed by atoms with Gasteiger partial charge in [-0.3, -0.25) is 0 Å². The Labute approximate surface area is 187 Å². The van der Waals surface area contributed by atoms with Crippen molar-refractivity contribution in [2.24, 2.45) is 0 Å². The van der Waals surface area contributed by atoms with Gasteiger partial charge in [-0.25, -0.2) is 4.31 Å². The molecule has 0 amide bonds. The number of anilines is 1. The zero-order valence-electron chi connectivity index (χ0n) is 18.2. The zero-order chi connectivity index (χ0) is 22.3. The van der Waals surface area contributed by atoms with Crippen LogP contribution < -0.4 is 4.90 Å². The summed E-state index contributed by atoms with van der Waals surface area (Å²) in [5.74, 6) is 0.449. The molecule has 4 rings (SSSR count). The number of alkyl halides is 3. The molecule has 0 saturated carbocycles. The van der Waals surface area contributed by atoms with Crippen molar-refractivity contribution in [1.82, 2.24) is 4.31 Å². The summed E-state index contributed by atoms with van der Waals surface area (Å²) >= 11 is 1.79. The number of allylic oxidation sites excluding steroid dienone is 1. The van der Waals surface area contributed by atoms with Crippen LogP contribution in [-0.2, 0) is 12.6 Å². The predicted octanol–water partition coefficient (Wildman–Crippen LogP) is 6.84. The van der Waals surface area contributed by atoms with Crippen LogP contribution in [0.5, 0.6) is 0 Å². The molecule has 31 heavy (non-hydrogen) atoms. The molecular formula is C25H29F3N2S. The first kappa shape index (κ1) is 22.3. The van der Waals surface area contributed by atoms with Gasteiger partial charge in [0, 0.05) is 41.7 Å². The van der Waals surface area contributed by atoms with E-state index in [2.05, 4.69) is 53.9 Å². The van der Waals surface area contributed by atoms with E-state index in [-0.39, 0.29) is 17.6 Å². The van der Waals surface area contributed by atoms with E-state index in [1.165, 1.54) is 29.0 Å². The van der Waals surface area contributed by atoms with Crippen LogP contribution in [0.2, 0.25) is 0 Å². The SMILES string of the molecule is C=CC1CCc2ccc(SN3C(C)CN(c4ccc(C(F)(F)F)c(C)c4)CC3C)cc21. The van der Waals surface area contributed by atoms with Gasteiger partial charge in [0.25, 0.3) is 0 Å². The summed E-state index contributed by atoms with van der Waals surface area (Å²) in [5.41, 5.74) is 3.41. The molecule has 1 fully saturated rings. The van der Waals surface area contributed by atoms with Crippen LogP contribution in [0.4, 0.5) is 18.9 Å². The molecular weight excluding hydrogens is 417 g/mol. The maximum absolute atomic E-state index is 13.1. The Bertz CT molecular complexity index is 960. The fourth-order valence-corrected chi connectivity index (χ4v) is 5.94. The van der Waals surface area contributed by atoms with Gasteiger partial charge >= 0.3 is 6.18 Å². The van der Waals surface area contributed by atoms with Gasteiger partial charge in [0.1, 0.15) is 0 Å². The predicted molar refractivity (Wildman–Crippen MR) is 123 cm³/mol. The Kier molecular flexibility index (Phi) is 6.14. The molecule has 0 bridgehead atoms. The minimum absolute atomic E-state index is 0.264. The van der Waals surface area contributed by atoms with Crippen molar-refractivity contribution in [2.75, 3.05) is 18.0 Å². The first-order valence-electron chi connectivity index (χ1n) is 10.8. The van der Waals surface area contributed by atoms with E-state index < -0.39 is 11.7 Å². The molecule has 1 aliphatic carbocycles.